The van der Waals surface area contributed by atoms with E-state index in [4.69, 9.17) is 0 Å². The van der Waals surface area contributed by atoms with Gasteiger partial charge in [-0.2, -0.15) is 4.31 Å². The van der Waals surface area contributed by atoms with Crippen molar-refractivity contribution in [2.45, 2.75) is 30.7 Å². The fourth-order valence-corrected chi connectivity index (χ4v) is 5.52. The van der Waals surface area contributed by atoms with Crippen molar-refractivity contribution in [2.24, 2.45) is 5.92 Å². The van der Waals surface area contributed by atoms with Crippen LogP contribution in [0, 0.1) is 5.92 Å². The van der Waals surface area contributed by atoms with E-state index in [0.29, 0.717) is 43.8 Å². The summed E-state index contributed by atoms with van der Waals surface area (Å²) in [4.78, 5) is 17.3. The summed E-state index contributed by atoms with van der Waals surface area (Å²) in [6.07, 6.45) is 5.43. The van der Waals surface area contributed by atoms with Crippen LogP contribution in [0.3, 0.4) is 0 Å². The first-order valence-corrected chi connectivity index (χ1v) is 12.3. The third-order valence-corrected chi connectivity index (χ3v) is 7.76. The molecule has 4 rings (SSSR count). The van der Waals surface area contributed by atoms with Gasteiger partial charge in [0.05, 0.1) is 4.90 Å². The minimum Gasteiger partial charge on any atom is -0.355 e. The van der Waals surface area contributed by atoms with E-state index in [1.807, 2.05) is 24.4 Å². The Hall–Kier alpha value is -2.97. The topological polar surface area (TPSA) is 84.3 Å². The number of sulfonamides is 1. The predicted octanol–water partition coefficient (Wildman–Crippen LogP) is 2.69. The van der Waals surface area contributed by atoms with Crippen molar-refractivity contribution in [3.8, 4) is 0 Å². The Morgan fingerprint density at radius 3 is 2.34 bits per heavy atom. The number of nitrogens with zero attached hydrogens (tertiary/aromatic N) is 3. The van der Waals surface area contributed by atoms with E-state index in [9.17, 15) is 13.2 Å². The molecule has 1 aliphatic heterocycles. The summed E-state index contributed by atoms with van der Waals surface area (Å²) in [6.45, 7) is 1.97. The number of hydrogen-bond donors (Lipinski definition) is 1. The van der Waals surface area contributed by atoms with Gasteiger partial charge in [-0.3, -0.25) is 4.79 Å². The highest BCUT2D eigenvalue weighted by molar-refractivity contribution is 7.89. The summed E-state index contributed by atoms with van der Waals surface area (Å²) in [5.74, 6) is 0.752. The number of amides is 1. The van der Waals surface area contributed by atoms with Crippen molar-refractivity contribution in [3.05, 3.63) is 84.4 Å². The highest BCUT2D eigenvalue weighted by Crippen LogP contribution is 2.23. The second-order valence-corrected chi connectivity index (χ2v) is 9.93. The first kappa shape index (κ1) is 22.2. The molecular formula is C24H28N4O3S. The van der Waals surface area contributed by atoms with E-state index in [1.165, 1.54) is 9.87 Å². The maximum absolute atomic E-state index is 12.7. The highest BCUT2D eigenvalue weighted by Gasteiger charge is 2.31. The van der Waals surface area contributed by atoms with Gasteiger partial charge < -0.3 is 9.88 Å². The zero-order valence-corrected chi connectivity index (χ0v) is 18.7. The first-order valence-electron chi connectivity index (χ1n) is 10.9. The Labute approximate surface area is 189 Å². The molecule has 7 nitrogen and oxygen atoms in total. The summed E-state index contributed by atoms with van der Waals surface area (Å²) >= 11 is 0. The van der Waals surface area contributed by atoms with Gasteiger partial charge in [-0.15, -0.1) is 0 Å². The summed E-state index contributed by atoms with van der Waals surface area (Å²) in [5, 5.41) is 3.01. The average Bonchev–Trinajstić information content (AvgIpc) is 3.27. The maximum Gasteiger partial charge on any atom is 0.243 e. The summed E-state index contributed by atoms with van der Waals surface area (Å²) in [6, 6.07) is 18.6. The molecule has 1 aromatic heterocycles. The van der Waals surface area contributed by atoms with Crippen LogP contribution in [0.1, 0.15) is 24.2 Å². The minimum atomic E-state index is -3.50. The number of aromatic nitrogens is 2. The van der Waals surface area contributed by atoms with Crippen molar-refractivity contribution in [1.82, 2.24) is 19.2 Å². The molecule has 1 N–H and O–H groups in total. The minimum absolute atomic E-state index is 0.0112. The number of benzene rings is 2. The van der Waals surface area contributed by atoms with Crippen LogP contribution in [-0.4, -0.2) is 47.8 Å². The molecule has 2 aromatic carbocycles. The van der Waals surface area contributed by atoms with Gasteiger partial charge in [-0.1, -0.05) is 48.5 Å². The second-order valence-electron chi connectivity index (χ2n) is 7.99. The Bertz CT molecular complexity index is 1120. The standard InChI is InChI=1S/C24H28N4O3S/c29-24(21-12-16-28(17-13-21)32(30,31)22-9-5-2-6-10-22)26-14-11-23-25-15-18-27(23)19-20-7-3-1-4-8-20/h1-10,15,18,21H,11-14,16-17,19H2,(H,26,29). The van der Waals surface area contributed by atoms with Crippen LogP contribution in [0.5, 0.6) is 0 Å². The fourth-order valence-electron chi connectivity index (χ4n) is 4.03. The molecule has 0 unspecified atom stereocenters. The van der Waals surface area contributed by atoms with E-state index in [1.54, 1.807) is 36.5 Å². The first-order chi connectivity index (χ1) is 15.5. The SMILES string of the molecule is O=C(NCCc1nccn1Cc1ccccc1)C1CCN(S(=O)(=O)c2ccccc2)CC1. The number of hydrogen-bond acceptors (Lipinski definition) is 4. The lowest BCUT2D eigenvalue weighted by Gasteiger charge is -2.30. The van der Waals surface area contributed by atoms with Crippen LogP contribution in [0.25, 0.3) is 0 Å². The van der Waals surface area contributed by atoms with Gasteiger partial charge in [0, 0.05) is 50.9 Å². The van der Waals surface area contributed by atoms with Crippen LogP contribution in [-0.2, 0) is 27.8 Å². The van der Waals surface area contributed by atoms with E-state index in [2.05, 4.69) is 27.0 Å². The van der Waals surface area contributed by atoms with Crippen LogP contribution < -0.4 is 5.32 Å². The molecular weight excluding hydrogens is 424 g/mol. The lowest BCUT2D eigenvalue weighted by molar-refractivity contribution is -0.126. The van der Waals surface area contributed by atoms with Crippen LogP contribution >= 0.6 is 0 Å². The fraction of sp³-hybridized carbons (Fsp3) is 0.333. The lowest BCUT2D eigenvalue weighted by atomic mass is 9.97. The zero-order valence-electron chi connectivity index (χ0n) is 17.9. The average molecular weight is 453 g/mol. The van der Waals surface area contributed by atoms with Crippen LogP contribution in [0.15, 0.2) is 78.0 Å². The van der Waals surface area contributed by atoms with Crippen molar-refractivity contribution in [2.75, 3.05) is 19.6 Å². The van der Waals surface area contributed by atoms with Crippen molar-refractivity contribution in [1.29, 1.82) is 0 Å². The van der Waals surface area contributed by atoms with Crippen molar-refractivity contribution >= 4 is 15.9 Å². The number of piperidine rings is 1. The third-order valence-electron chi connectivity index (χ3n) is 5.85. The Morgan fingerprint density at radius 2 is 1.66 bits per heavy atom. The lowest BCUT2D eigenvalue weighted by Crippen LogP contribution is -2.43. The molecule has 1 fully saturated rings. The molecule has 0 bridgehead atoms. The number of nitrogens with one attached hydrogen (secondary N) is 1. The predicted molar refractivity (Wildman–Crippen MR) is 122 cm³/mol. The van der Waals surface area contributed by atoms with Gasteiger partial charge in [0.1, 0.15) is 5.82 Å². The largest absolute Gasteiger partial charge is 0.355 e. The Balaban J connectivity index is 1.25. The molecule has 0 atom stereocenters. The molecule has 0 spiro atoms. The smallest absolute Gasteiger partial charge is 0.243 e. The molecule has 168 valence electrons. The highest BCUT2D eigenvalue weighted by atomic mass is 32.2. The number of carbonyl (C=O) groups excluding carboxylic acids is 1. The van der Waals surface area contributed by atoms with E-state index >= 15 is 0 Å². The maximum atomic E-state index is 12.7. The molecule has 2 heterocycles. The van der Waals surface area contributed by atoms with Crippen LogP contribution in [0.4, 0.5) is 0 Å². The normalized spacial score (nSPS) is 15.5. The molecule has 1 amide bonds. The zero-order chi connectivity index (χ0) is 22.4. The molecule has 32 heavy (non-hydrogen) atoms. The number of carbonyl (C=O) groups is 1. The monoisotopic (exact) mass is 452 g/mol. The molecule has 1 saturated heterocycles. The molecule has 0 aliphatic carbocycles. The van der Waals surface area contributed by atoms with Gasteiger partial charge in [0.15, 0.2) is 0 Å². The van der Waals surface area contributed by atoms with Gasteiger partial charge in [0.2, 0.25) is 15.9 Å². The third kappa shape index (κ3) is 5.26. The van der Waals surface area contributed by atoms with Gasteiger partial charge >= 0.3 is 0 Å². The quantitative estimate of drug-likeness (QED) is 0.570. The second kappa shape index (κ2) is 10.1. The summed E-state index contributed by atoms with van der Waals surface area (Å²) in [7, 11) is -3.50. The molecule has 1 aliphatic rings. The van der Waals surface area contributed by atoms with Gasteiger partial charge in [-0.05, 0) is 30.5 Å². The van der Waals surface area contributed by atoms with E-state index < -0.39 is 10.0 Å². The Morgan fingerprint density at radius 1 is 1.00 bits per heavy atom. The number of rotatable bonds is 8. The Kier molecular flexibility index (Phi) is 7.02. The molecule has 0 saturated carbocycles. The summed E-state index contributed by atoms with van der Waals surface area (Å²) in [5.41, 5.74) is 1.20. The van der Waals surface area contributed by atoms with Gasteiger partial charge in [0.25, 0.3) is 0 Å². The molecule has 3 aromatic rings. The summed E-state index contributed by atoms with van der Waals surface area (Å²) < 4.78 is 29.1. The number of imidazole rings is 1. The van der Waals surface area contributed by atoms with Gasteiger partial charge in [-0.25, -0.2) is 13.4 Å². The molecule has 8 heteroatoms. The van der Waals surface area contributed by atoms with E-state index in [-0.39, 0.29) is 11.8 Å². The van der Waals surface area contributed by atoms with E-state index in [0.717, 1.165) is 12.4 Å². The van der Waals surface area contributed by atoms with Crippen LogP contribution in [0.2, 0.25) is 0 Å². The van der Waals surface area contributed by atoms with Crippen molar-refractivity contribution < 1.29 is 13.2 Å². The molecule has 0 radical (unpaired) electrons. The van der Waals surface area contributed by atoms with Crippen molar-refractivity contribution in [3.63, 3.8) is 0 Å².